The number of alkyl halides is 6. The van der Waals surface area contributed by atoms with Crippen molar-refractivity contribution in [2.45, 2.75) is 25.2 Å². The lowest BCUT2D eigenvalue weighted by Crippen LogP contribution is -2.22. The van der Waals surface area contributed by atoms with E-state index < -0.39 is 65.4 Å². The summed E-state index contributed by atoms with van der Waals surface area (Å²) in [6, 6.07) is 0.588. The molecule has 1 rings (SSSR count). The fourth-order valence-electron chi connectivity index (χ4n) is 2.04. The molecule has 134 valence electrons. The van der Waals surface area contributed by atoms with E-state index in [0.717, 1.165) is 0 Å². The summed E-state index contributed by atoms with van der Waals surface area (Å²) in [6.07, 6.45) is -12.2. The Morgan fingerprint density at radius 3 is 1.71 bits per heavy atom. The van der Waals surface area contributed by atoms with Gasteiger partial charge in [0.25, 0.3) is 0 Å². The van der Waals surface area contributed by atoms with Crippen molar-refractivity contribution in [3.8, 4) is 0 Å². The van der Waals surface area contributed by atoms with Crippen molar-refractivity contribution < 1.29 is 46.1 Å². The fourth-order valence-corrected chi connectivity index (χ4v) is 2.04. The molecule has 0 amide bonds. The summed E-state index contributed by atoms with van der Waals surface area (Å²) >= 11 is 0. The first-order valence-electron chi connectivity index (χ1n) is 6.25. The maximum absolute atomic E-state index is 12.8. The van der Waals surface area contributed by atoms with E-state index in [1.165, 1.54) is 0 Å². The Morgan fingerprint density at radius 2 is 1.42 bits per heavy atom. The molecule has 0 bridgehead atoms. The third kappa shape index (κ3) is 4.77. The molecule has 0 heterocycles. The molecule has 0 radical (unpaired) electrons. The summed E-state index contributed by atoms with van der Waals surface area (Å²) in [5.41, 5.74) is -0.721. The molecule has 0 aliphatic heterocycles. The lowest BCUT2D eigenvalue weighted by molar-refractivity contribution is -0.148. The average molecular weight is 359 g/mol. The van der Waals surface area contributed by atoms with E-state index in [1.54, 1.807) is 0 Å². The second-order valence-electron chi connectivity index (χ2n) is 4.94. The van der Waals surface area contributed by atoms with E-state index in [2.05, 4.69) is 0 Å². The number of aliphatic carboxylic acids is 2. The Hall–Kier alpha value is -2.46. The van der Waals surface area contributed by atoms with Crippen LogP contribution in [0, 0.1) is 5.92 Å². The van der Waals surface area contributed by atoms with Crippen molar-refractivity contribution in [1.82, 2.24) is 0 Å². The highest BCUT2D eigenvalue weighted by Crippen LogP contribution is 2.42. The summed E-state index contributed by atoms with van der Waals surface area (Å²) in [6.45, 7) is 0. The van der Waals surface area contributed by atoms with E-state index in [4.69, 9.17) is 15.9 Å². The first-order valence-corrected chi connectivity index (χ1v) is 6.25. The maximum atomic E-state index is 12.8. The van der Waals surface area contributed by atoms with Crippen molar-refractivity contribution in [2.75, 3.05) is 5.73 Å². The number of hydrogen-bond donors (Lipinski definition) is 3. The van der Waals surface area contributed by atoms with Gasteiger partial charge in [0.05, 0.1) is 29.2 Å². The number of anilines is 1. The van der Waals surface area contributed by atoms with Gasteiger partial charge >= 0.3 is 24.3 Å². The zero-order valence-electron chi connectivity index (χ0n) is 11.7. The normalized spacial score (nSPS) is 13.6. The molecule has 0 saturated heterocycles. The highest BCUT2D eigenvalue weighted by molar-refractivity contribution is 5.78. The van der Waals surface area contributed by atoms with Crippen LogP contribution in [0.2, 0.25) is 0 Å². The molecule has 1 unspecified atom stereocenters. The fraction of sp³-hybridized carbons (Fsp3) is 0.385. The number of nitrogen functional groups attached to an aromatic ring is 1. The van der Waals surface area contributed by atoms with E-state index in [0.29, 0.717) is 12.1 Å². The highest BCUT2D eigenvalue weighted by Gasteiger charge is 2.41. The van der Waals surface area contributed by atoms with Gasteiger partial charge in [-0.3, -0.25) is 9.59 Å². The van der Waals surface area contributed by atoms with Gasteiger partial charge < -0.3 is 15.9 Å². The van der Waals surface area contributed by atoms with E-state index >= 15 is 0 Å². The molecule has 0 aromatic heterocycles. The third-order valence-corrected chi connectivity index (χ3v) is 3.10. The van der Waals surface area contributed by atoms with Crippen molar-refractivity contribution in [3.05, 3.63) is 28.8 Å². The highest BCUT2D eigenvalue weighted by atomic mass is 19.4. The van der Waals surface area contributed by atoms with Crippen LogP contribution in [-0.4, -0.2) is 22.2 Å². The largest absolute Gasteiger partial charge is 0.481 e. The first kappa shape index (κ1) is 19.6. The Labute approximate surface area is 130 Å². The van der Waals surface area contributed by atoms with Crippen LogP contribution in [0.3, 0.4) is 0 Å². The number of rotatable bonds is 5. The van der Waals surface area contributed by atoms with Crippen LogP contribution in [0.4, 0.5) is 32.0 Å². The second-order valence-corrected chi connectivity index (χ2v) is 4.94. The molecule has 24 heavy (non-hydrogen) atoms. The standard InChI is InChI=1S/C13H11F6NO4/c14-12(15,16)7-2-5(1-6(11(23)24)4-9(21)22)3-8(10(7)20)13(17,18)19/h2-3,6H,1,4,20H2,(H,21,22)(H,23,24). The zero-order chi connectivity index (χ0) is 18.9. The van der Waals surface area contributed by atoms with Crippen LogP contribution < -0.4 is 5.73 Å². The smallest absolute Gasteiger partial charge is 0.418 e. The molecule has 4 N–H and O–H groups in total. The first-order chi connectivity index (χ1) is 10.7. The minimum atomic E-state index is -5.19. The van der Waals surface area contributed by atoms with Crippen LogP contribution in [0.25, 0.3) is 0 Å². The SMILES string of the molecule is Nc1c(C(F)(F)F)cc(CC(CC(=O)O)C(=O)O)cc1C(F)(F)F. The van der Waals surface area contributed by atoms with Gasteiger partial charge in [-0.15, -0.1) is 0 Å². The molecule has 0 aliphatic carbocycles. The van der Waals surface area contributed by atoms with Crippen LogP contribution in [-0.2, 0) is 28.4 Å². The molecular weight excluding hydrogens is 348 g/mol. The Kier molecular flexibility index (Phi) is 5.36. The molecule has 0 spiro atoms. The predicted octanol–water partition coefficient (Wildman–Crippen LogP) is 3.02. The van der Waals surface area contributed by atoms with Gasteiger partial charge in [0.2, 0.25) is 0 Å². The zero-order valence-corrected chi connectivity index (χ0v) is 11.7. The lowest BCUT2D eigenvalue weighted by Gasteiger charge is -2.19. The Bertz CT molecular complexity index is 618. The van der Waals surface area contributed by atoms with Gasteiger partial charge in [0.1, 0.15) is 0 Å². The molecule has 5 nitrogen and oxygen atoms in total. The van der Waals surface area contributed by atoms with Crippen molar-refractivity contribution in [1.29, 1.82) is 0 Å². The molecule has 1 aromatic rings. The number of nitrogens with two attached hydrogens (primary N) is 1. The molecule has 11 heteroatoms. The number of carbonyl (C=O) groups is 2. The lowest BCUT2D eigenvalue weighted by atomic mass is 9.92. The summed E-state index contributed by atoms with van der Waals surface area (Å²) < 4.78 is 77.1. The van der Waals surface area contributed by atoms with Gasteiger partial charge in [-0.2, -0.15) is 26.3 Å². The number of benzene rings is 1. The van der Waals surface area contributed by atoms with Gasteiger partial charge in [-0.05, 0) is 24.1 Å². The number of carboxylic acid groups (broad SMARTS) is 2. The van der Waals surface area contributed by atoms with Crippen molar-refractivity contribution in [3.63, 3.8) is 0 Å². The third-order valence-electron chi connectivity index (χ3n) is 3.10. The summed E-state index contributed by atoms with van der Waals surface area (Å²) in [5, 5.41) is 17.4. The summed E-state index contributed by atoms with van der Waals surface area (Å²) in [4.78, 5) is 21.5. The average Bonchev–Trinajstić information content (AvgIpc) is 2.36. The predicted molar refractivity (Wildman–Crippen MR) is 67.9 cm³/mol. The van der Waals surface area contributed by atoms with E-state index in [9.17, 15) is 35.9 Å². The Balaban J connectivity index is 3.43. The summed E-state index contributed by atoms with van der Waals surface area (Å²) in [5.74, 6) is -4.89. The second kappa shape index (κ2) is 6.57. The maximum Gasteiger partial charge on any atom is 0.418 e. The van der Waals surface area contributed by atoms with E-state index in [1.807, 2.05) is 0 Å². The van der Waals surface area contributed by atoms with Gasteiger partial charge in [-0.25, -0.2) is 0 Å². The van der Waals surface area contributed by atoms with Crippen molar-refractivity contribution >= 4 is 17.6 Å². The van der Waals surface area contributed by atoms with Crippen LogP contribution >= 0.6 is 0 Å². The van der Waals surface area contributed by atoms with Crippen LogP contribution in [0.15, 0.2) is 12.1 Å². The molecule has 1 atom stereocenters. The quantitative estimate of drug-likeness (QED) is 0.554. The molecule has 1 aromatic carbocycles. The molecule has 0 aliphatic rings. The monoisotopic (exact) mass is 359 g/mol. The van der Waals surface area contributed by atoms with Gasteiger partial charge in [-0.1, -0.05) is 0 Å². The Morgan fingerprint density at radius 1 is 1.00 bits per heavy atom. The number of carboxylic acids is 2. The molecular formula is C13H11F6NO4. The van der Waals surface area contributed by atoms with Crippen LogP contribution in [0.1, 0.15) is 23.1 Å². The summed E-state index contributed by atoms with van der Waals surface area (Å²) in [7, 11) is 0. The topological polar surface area (TPSA) is 101 Å². The number of halogens is 6. The van der Waals surface area contributed by atoms with Gasteiger partial charge in [0, 0.05) is 0 Å². The van der Waals surface area contributed by atoms with Crippen molar-refractivity contribution in [2.24, 2.45) is 5.92 Å². The molecule has 0 saturated carbocycles. The van der Waals surface area contributed by atoms with Crippen LogP contribution in [0.5, 0.6) is 0 Å². The van der Waals surface area contributed by atoms with Gasteiger partial charge in [0.15, 0.2) is 0 Å². The molecule has 0 fully saturated rings. The van der Waals surface area contributed by atoms with E-state index in [-0.39, 0.29) is 0 Å². The number of hydrogen-bond acceptors (Lipinski definition) is 3. The minimum absolute atomic E-state index is 0.294. The minimum Gasteiger partial charge on any atom is -0.481 e.